The number of aliphatic hydroxyl groups excluding tert-OH is 3. The Morgan fingerprint density at radius 2 is 2.12 bits per heavy atom. The number of nitrogens with zero attached hydrogens (tertiary/aromatic N) is 1. The number of hydrogen-bond donors (Lipinski definition) is 5. The lowest BCUT2D eigenvalue weighted by Crippen LogP contribution is -2.34. The van der Waals surface area contributed by atoms with Gasteiger partial charge in [0.25, 0.3) is 5.56 Å². The molecule has 1 saturated heterocycles. The summed E-state index contributed by atoms with van der Waals surface area (Å²) < 4.78 is 6.94. The summed E-state index contributed by atoms with van der Waals surface area (Å²) in [5.74, 6) is 0.565. The van der Waals surface area contributed by atoms with Crippen LogP contribution in [0.25, 0.3) is 0 Å². The summed E-state index contributed by atoms with van der Waals surface area (Å²) in [6.45, 7) is 4.95. The zero-order valence-electron chi connectivity index (χ0n) is 13.8. The molecule has 1 aliphatic rings. The van der Waals surface area contributed by atoms with Gasteiger partial charge >= 0.3 is 0 Å². The van der Waals surface area contributed by atoms with Gasteiger partial charge in [0.1, 0.15) is 18.3 Å². The number of ether oxygens (including phenoxy) is 1. The Balaban J connectivity index is 2.18. The fraction of sp³-hybridized carbons (Fsp3) is 0.733. The highest BCUT2D eigenvalue weighted by atomic mass is 32.1. The van der Waals surface area contributed by atoms with Gasteiger partial charge in [0.05, 0.1) is 6.61 Å². The second kappa shape index (κ2) is 8.32. The van der Waals surface area contributed by atoms with Gasteiger partial charge < -0.3 is 25.4 Å². The van der Waals surface area contributed by atoms with E-state index in [0.717, 1.165) is 13.0 Å². The molecule has 9 heteroatoms. The molecule has 136 valence electrons. The number of rotatable bonds is 7. The number of H-pyrrole nitrogens is 1. The fourth-order valence-electron chi connectivity index (χ4n) is 2.57. The van der Waals surface area contributed by atoms with Crippen molar-refractivity contribution >= 4 is 12.2 Å². The maximum absolute atomic E-state index is 12.0. The van der Waals surface area contributed by atoms with Crippen molar-refractivity contribution in [2.45, 2.75) is 51.4 Å². The Kier molecular flexibility index (Phi) is 6.67. The van der Waals surface area contributed by atoms with Gasteiger partial charge in [0.2, 0.25) is 0 Å². The molecule has 0 bridgehead atoms. The molecule has 24 heavy (non-hydrogen) atoms. The summed E-state index contributed by atoms with van der Waals surface area (Å²) in [6, 6.07) is 0. The molecule has 4 atom stereocenters. The SMILES string of the molecule is CC(C)CCNCc1cn([C@@H]2O[C@H](CO)[C@@H](O)[C@H]2O)c(=S)[nH]c1=O. The zero-order chi connectivity index (χ0) is 17.9. The van der Waals surface area contributed by atoms with E-state index in [1.165, 1.54) is 10.8 Å². The summed E-state index contributed by atoms with van der Waals surface area (Å²) in [4.78, 5) is 14.6. The van der Waals surface area contributed by atoms with Crippen LogP contribution in [-0.2, 0) is 11.3 Å². The van der Waals surface area contributed by atoms with Crippen LogP contribution in [0.4, 0.5) is 0 Å². The Morgan fingerprint density at radius 3 is 2.71 bits per heavy atom. The van der Waals surface area contributed by atoms with Crippen LogP contribution in [0.1, 0.15) is 32.1 Å². The molecule has 0 unspecified atom stereocenters. The van der Waals surface area contributed by atoms with Gasteiger partial charge in [-0.05, 0) is 31.1 Å². The van der Waals surface area contributed by atoms with Crippen LogP contribution in [0.15, 0.2) is 11.0 Å². The lowest BCUT2D eigenvalue weighted by Gasteiger charge is -2.19. The smallest absolute Gasteiger partial charge is 0.256 e. The predicted molar refractivity (Wildman–Crippen MR) is 90.1 cm³/mol. The standard InChI is InChI=1S/C15H25N3O5S/c1-8(2)3-4-16-5-9-6-18(15(24)17-13(9)22)14-12(21)11(20)10(7-19)23-14/h6,8,10-12,14,16,19-21H,3-5,7H2,1-2H3,(H,17,22,24)/t10-,11-,12-,14-/m1/s1. The van der Waals surface area contributed by atoms with Crippen molar-refractivity contribution in [2.75, 3.05) is 13.2 Å². The number of nitrogens with one attached hydrogen (secondary N) is 2. The van der Waals surface area contributed by atoms with Crippen molar-refractivity contribution in [3.05, 3.63) is 26.9 Å². The lowest BCUT2D eigenvalue weighted by molar-refractivity contribution is -0.0542. The van der Waals surface area contributed by atoms with Crippen LogP contribution in [0.5, 0.6) is 0 Å². The predicted octanol–water partition coefficient (Wildman–Crippen LogP) is -0.347. The average Bonchev–Trinajstić information content (AvgIpc) is 2.81. The van der Waals surface area contributed by atoms with Crippen molar-refractivity contribution in [1.29, 1.82) is 0 Å². The normalized spacial score (nSPS) is 27.1. The van der Waals surface area contributed by atoms with Gasteiger partial charge in [-0.25, -0.2) is 0 Å². The Labute approximate surface area is 145 Å². The van der Waals surface area contributed by atoms with E-state index in [0.29, 0.717) is 18.0 Å². The van der Waals surface area contributed by atoms with E-state index in [4.69, 9.17) is 17.0 Å². The van der Waals surface area contributed by atoms with Crippen LogP contribution in [0.3, 0.4) is 0 Å². The van der Waals surface area contributed by atoms with Crippen LogP contribution in [-0.4, -0.2) is 56.3 Å². The highest BCUT2D eigenvalue weighted by Gasteiger charge is 2.43. The lowest BCUT2D eigenvalue weighted by atomic mass is 10.1. The fourth-order valence-corrected chi connectivity index (χ4v) is 2.81. The summed E-state index contributed by atoms with van der Waals surface area (Å²) in [5, 5.41) is 32.3. The first-order valence-electron chi connectivity index (χ1n) is 8.02. The third-order valence-electron chi connectivity index (χ3n) is 4.05. The molecule has 1 aromatic heterocycles. The van der Waals surface area contributed by atoms with Crippen molar-refractivity contribution in [3.8, 4) is 0 Å². The van der Waals surface area contributed by atoms with Gasteiger partial charge in [-0.15, -0.1) is 0 Å². The van der Waals surface area contributed by atoms with Crippen molar-refractivity contribution in [2.24, 2.45) is 5.92 Å². The van der Waals surface area contributed by atoms with Gasteiger partial charge in [0.15, 0.2) is 11.0 Å². The summed E-state index contributed by atoms with van der Waals surface area (Å²) in [7, 11) is 0. The highest BCUT2D eigenvalue weighted by molar-refractivity contribution is 7.71. The minimum absolute atomic E-state index is 0.0840. The quantitative estimate of drug-likeness (QED) is 0.333. The van der Waals surface area contributed by atoms with E-state index in [1.54, 1.807) is 0 Å². The number of aromatic amines is 1. The first kappa shape index (κ1) is 19.2. The van der Waals surface area contributed by atoms with Crippen LogP contribution < -0.4 is 10.9 Å². The molecule has 5 N–H and O–H groups in total. The summed E-state index contributed by atoms with van der Waals surface area (Å²) in [5.41, 5.74) is 0.144. The number of aliphatic hydroxyl groups is 3. The molecule has 1 aliphatic heterocycles. The zero-order valence-corrected chi connectivity index (χ0v) is 14.6. The minimum atomic E-state index is -1.25. The number of aromatic nitrogens is 2. The monoisotopic (exact) mass is 359 g/mol. The minimum Gasteiger partial charge on any atom is -0.394 e. The summed E-state index contributed by atoms with van der Waals surface area (Å²) >= 11 is 5.12. The van der Waals surface area contributed by atoms with Crippen molar-refractivity contribution < 1.29 is 20.1 Å². The van der Waals surface area contributed by atoms with Crippen molar-refractivity contribution in [3.63, 3.8) is 0 Å². The van der Waals surface area contributed by atoms with E-state index in [9.17, 15) is 20.1 Å². The molecular weight excluding hydrogens is 334 g/mol. The molecule has 1 fully saturated rings. The van der Waals surface area contributed by atoms with Gasteiger partial charge in [-0.1, -0.05) is 13.8 Å². The molecular formula is C15H25N3O5S. The molecule has 0 saturated carbocycles. The van der Waals surface area contributed by atoms with Crippen LogP contribution >= 0.6 is 12.2 Å². The molecule has 0 amide bonds. The molecule has 0 spiro atoms. The van der Waals surface area contributed by atoms with Crippen LogP contribution in [0.2, 0.25) is 0 Å². The molecule has 8 nitrogen and oxygen atoms in total. The molecule has 2 rings (SSSR count). The maximum Gasteiger partial charge on any atom is 0.256 e. The van der Waals surface area contributed by atoms with E-state index in [-0.39, 0.29) is 10.3 Å². The maximum atomic E-state index is 12.0. The molecule has 1 aromatic rings. The number of hydrogen-bond acceptors (Lipinski definition) is 7. The second-order valence-electron chi connectivity index (χ2n) is 6.41. The third kappa shape index (κ3) is 4.29. The molecule has 0 aromatic carbocycles. The third-order valence-corrected chi connectivity index (χ3v) is 4.36. The summed E-state index contributed by atoms with van der Waals surface area (Å²) in [6.07, 6.45) is -1.82. The Bertz CT molecular complexity index is 659. The first-order chi connectivity index (χ1) is 11.3. The van der Waals surface area contributed by atoms with E-state index in [1.807, 2.05) is 0 Å². The Hall–Kier alpha value is -1.10. The van der Waals surface area contributed by atoms with Crippen molar-refractivity contribution in [1.82, 2.24) is 14.9 Å². The average molecular weight is 359 g/mol. The highest BCUT2D eigenvalue weighted by Crippen LogP contribution is 2.29. The van der Waals surface area contributed by atoms with Gasteiger partial charge in [0, 0.05) is 18.3 Å². The topological polar surface area (TPSA) is 120 Å². The molecule has 0 aliphatic carbocycles. The second-order valence-corrected chi connectivity index (χ2v) is 6.80. The van der Waals surface area contributed by atoms with Crippen LogP contribution in [0, 0.1) is 10.7 Å². The largest absolute Gasteiger partial charge is 0.394 e. The Morgan fingerprint density at radius 1 is 1.42 bits per heavy atom. The first-order valence-corrected chi connectivity index (χ1v) is 8.43. The van der Waals surface area contributed by atoms with E-state index < -0.39 is 31.1 Å². The van der Waals surface area contributed by atoms with E-state index >= 15 is 0 Å². The molecule has 0 radical (unpaired) electrons. The molecule has 2 heterocycles. The van der Waals surface area contributed by atoms with Gasteiger partial charge in [-0.3, -0.25) is 14.3 Å². The van der Waals surface area contributed by atoms with E-state index in [2.05, 4.69) is 24.1 Å². The van der Waals surface area contributed by atoms with Gasteiger partial charge in [-0.2, -0.15) is 0 Å².